The summed E-state index contributed by atoms with van der Waals surface area (Å²) >= 11 is 0. The third kappa shape index (κ3) is 5.20. The lowest BCUT2D eigenvalue weighted by molar-refractivity contribution is 0.490. The average molecular weight is 610 g/mol. The predicted molar refractivity (Wildman–Crippen MR) is 195 cm³/mol. The fourth-order valence-electron chi connectivity index (χ4n) is 7.77. The highest BCUT2D eigenvalue weighted by atomic mass is 15.0. The van der Waals surface area contributed by atoms with Crippen LogP contribution in [0.1, 0.15) is 80.2 Å². The lowest BCUT2D eigenvalue weighted by Gasteiger charge is -2.29. The molecule has 3 heteroatoms. The monoisotopic (exact) mass is 609 g/mol. The summed E-state index contributed by atoms with van der Waals surface area (Å²) in [4.78, 5) is 15.0. The lowest BCUT2D eigenvalue weighted by Crippen LogP contribution is -2.22. The van der Waals surface area contributed by atoms with Crippen LogP contribution in [0.3, 0.4) is 0 Å². The molecule has 0 saturated heterocycles. The second kappa shape index (κ2) is 12.2. The number of benzene rings is 4. The summed E-state index contributed by atoms with van der Waals surface area (Å²) in [6, 6.07) is 35.4. The quantitative estimate of drug-likeness (QED) is 0.184. The van der Waals surface area contributed by atoms with E-state index in [0.717, 1.165) is 60.7 Å². The molecule has 47 heavy (non-hydrogen) atoms. The van der Waals surface area contributed by atoms with Crippen molar-refractivity contribution in [2.45, 2.75) is 57.3 Å². The van der Waals surface area contributed by atoms with Crippen LogP contribution in [-0.2, 0) is 5.41 Å². The molecule has 0 amide bonds. The molecule has 8 rings (SSSR count). The Morgan fingerprint density at radius 3 is 2.15 bits per heavy atom. The smallest absolute Gasteiger partial charge is 0.163 e. The van der Waals surface area contributed by atoms with Gasteiger partial charge in [-0.25, -0.2) is 15.0 Å². The van der Waals surface area contributed by atoms with Crippen molar-refractivity contribution < 1.29 is 0 Å². The Morgan fingerprint density at radius 1 is 0.596 bits per heavy atom. The highest BCUT2D eigenvalue weighted by Gasteiger charge is 2.40. The SMILES string of the molecule is CCC1(CC)c2ccccc2-c2cc(-c3cccc(C4=CC(c5nc(C6=CCCC=C6)nc(-c6ccccc6)n5)CC=C4)c3)ccc21. The Balaban J connectivity index is 1.16. The maximum absolute atomic E-state index is 5.06. The minimum absolute atomic E-state index is 0.0590. The molecule has 3 aliphatic rings. The first-order valence-electron chi connectivity index (χ1n) is 17.1. The topological polar surface area (TPSA) is 38.7 Å². The number of fused-ring (bicyclic) bond motifs is 3. The van der Waals surface area contributed by atoms with Crippen LogP contribution < -0.4 is 0 Å². The van der Waals surface area contributed by atoms with Crippen LogP contribution in [0.5, 0.6) is 0 Å². The van der Waals surface area contributed by atoms with E-state index < -0.39 is 0 Å². The van der Waals surface area contributed by atoms with Crippen LogP contribution in [0.25, 0.3) is 44.8 Å². The molecule has 230 valence electrons. The average Bonchev–Trinajstić information content (AvgIpc) is 3.45. The molecular formula is C44H39N3. The molecule has 1 heterocycles. The molecule has 3 aliphatic carbocycles. The van der Waals surface area contributed by atoms with E-state index >= 15 is 0 Å². The van der Waals surface area contributed by atoms with Gasteiger partial charge in [0.1, 0.15) is 5.82 Å². The van der Waals surface area contributed by atoms with Crippen molar-refractivity contribution in [3.05, 3.63) is 162 Å². The van der Waals surface area contributed by atoms with E-state index in [-0.39, 0.29) is 11.3 Å². The molecule has 0 saturated carbocycles. The van der Waals surface area contributed by atoms with Gasteiger partial charge in [-0.2, -0.15) is 0 Å². The number of nitrogens with zero attached hydrogens (tertiary/aromatic N) is 3. The maximum Gasteiger partial charge on any atom is 0.163 e. The molecule has 5 aromatic rings. The fraction of sp³-hybridized carbons (Fsp3) is 0.205. The van der Waals surface area contributed by atoms with Gasteiger partial charge in [-0.3, -0.25) is 0 Å². The van der Waals surface area contributed by atoms with E-state index in [1.807, 2.05) is 18.2 Å². The molecule has 0 fully saturated rings. The van der Waals surface area contributed by atoms with Crippen molar-refractivity contribution in [1.82, 2.24) is 15.0 Å². The van der Waals surface area contributed by atoms with Crippen molar-refractivity contribution >= 4 is 11.1 Å². The zero-order chi connectivity index (χ0) is 31.8. The zero-order valence-corrected chi connectivity index (χ0v) is 27.2. The number of hydrogen-bond donors (Lipinski definition) is 0. The van der Waals surface area contributed by atoms with E-state index in [9.17, 15) is 0 Å². The Labute approximate surface area is 278 Å². The van der Waals surface area contributed by atoms with Crippen molar-refractivity contribution in [2.24, 2.45) is 0 Å². The van der Waals surface area contributed by atoms with E-state index in [2.05, 4.69) is 129 Å². The largest absolute Gasteiger partial charge is 0.212 e. The molecule has 4 aromatic carbocycles. The van der Waals surface area contributed by atoms with Crippen LogP contribution in [0.4, 0.5) is 0 Å². The second-order valence-corrected chi connectivity index (χ2v) is 12.9. The van der Waals surface area contributed by atoms with Crippen LogP contribution >= 0.6 is 0 Å². The van der Waals surface area contributed by atoms with Crippen molar-refractivity contribution in [1.29, 1.82) is 0 Å². The van der Waals surface area contributed by atoms with Crippen LogP contribution in [0.15, 0.2) is 134 Å². The highest BCUT2D eigenvalue weighted by Crippen LogP contribution is 2.53. The van der Waals surface area contributed by atoms with Gasteiger partial charge in [0.05, 0.1) is 0 Å². The molecule has 1 atom stereocenters. The van der Waals surface area contributed by atoms with Gasteiger partial charge in [0.25, 0.3) is 0 Å². The Morgan fingerprint density at radius 2 is 1.32 bits per heavy atom. The summed E-state index contributed by atoms with van der Waals surface area (Å²) in [5.74, 6) is 2.36. The molecule has 0 radical (unpaired) electrons. The van der Waals surface area contributed by atoms with Gasteiger partial charge in [-0.05, 0) is 88.8 Å². The first-order chi connectivity index (χ1) is 23.2. The van der Waals surface area contributed by atoms with E-state index in [1.54, 1.807) is 0 Å². The van der Waals surface area contributed by atoms with Gasteiger partial charge in [0.2, 0.25) is 0 Å². The van der Waals surface area contributed by atoms with E-state index in [1.165, 1.54) is 44.5 Å². The zero-order valence-electron chi connectivity index (χ0n) is 27.2. The fourth-order valence-corrected chi connectivity index (χ4v) is 7.77. The predicted octanol–water partition coefficient (Wildman–Crippen LogP) is 11.2. The van der Waals surface area contributed by atoms with Crippen LogP contribution in [-0.4, -0.2) is 15.0 Å². The molecular weight excluding hydrogens is 571 g/mol. The van der Waals surface area contributed by atoms with Gasteiger partial charge < -0.3 is 0 Å². The van der Waals surface area contributed by atoms with Gasteiger partial charge >= 0.3 is 0 Å². The first kappa shape index (κ1) is 29.3. The molecule has 0 N–H and O–H groups in total. The second-order valence-electron chi connectivity index (χ2n) is 12.9. The molecule has 0 aliphatic heterocycles. The summed E-state index contributed by atoms with van der Waals surface area (Å²) in [6.45, 7) is 4.66. The molecule has 1 unspecified atom stereocenters. The highest BCUT2D eigenvalue weighted by molar-refractivity contribution is 5.86. The van der Waals surface area contributed by atoms with Crippen LogP contribution in [0.2, 0.25) is 0 Å². The number of hydrogen-bond acceptors (Lipinski definition) is 3. The standard InChI is InChI=1S/C44H39N3/c1-3-44(4-2)39-24-12-11-23-37(39)38-29-35(25-26-40(38)44)33-20-13-19-32(27-33)34-21-14-22-36(28-34)43-46-41(30-15-7-5-8-16-30)45-42(47-43)31-17-9-6-10-18-31/h5,7-9,11-21,23-29,36H,3-4,6,10,22H2,1-2H3. The Hall–Kier alpha value is -5.15. The third-order valence-electron chi connectivity index (χ3n) is 10.3. The minimum Gasteiger partial charge on any atom is -0.212 e. The maximum atomic E-state index is 5.06. The van der Waals surface area contributed by atoms with E-state index in [4.69, 9.17) is 15.0 Å². The summed E-state index contributed by atoms with van der Waals surface area (Å²) in [5.41, 5.74) is 12.8. The lowest BCUT2D eigenvalue weighted by atomic mass is 9.74. The summed E-state index contributed by atoms with van der Waals surface area (Å²) in [5, 5.41) is 0. The van der Waals surface area contributed by atoms with Gasteiger partial charge in [-0.1, -0.05) is 135 Å². The molecule has 0 bridgehead atoms. The van der Waals surface area contributed by atoms with Gasteiger partial charge in [0, 0.05) is 22.5 Å². The van der Waals surface area contributed by atoms with Gasteiger partial charge in [-0.15, -0.1) is 0 Å². The van der Waals surface area contributed by atoms with Crippen molar-refractivity contribution in [2.75, 3.05) is 0 Å². The van der Waals surface area contributed by atoms with Crippen molar-refractivity contribution in [3.8, 4) is 33.6 Å². The summed E-state index contributed by atoms with van der Waals surface area (Å²) < 4.78 is 0. The summed E-state index contributed by atoms with van der Waals surface area (Å²) in [7, 11) is 0. The number of rotatable bonds is 7. The molecule has 0 spiro atoms. The normalized spacial score (nSPS) is 17.5. The first-order valence-corrected chi connectivity index (χ1v) is 17.1. The van der Waals surface area contributed by atoms with Crippen molar-refractivity contribution in [3.63, 3.8) is 0 Å². The van der Waals surface area contributed by atoms with Gasteiger partial charge in [0.15, 0.2) is 11.6 Å². The molecule has 3 nitrogen and oxygen atoms in total. The minimum atomic E-state index is 0.0590. The molecule has 1 aromatic heterocycles. The van der Waals surface area contributed by atoms with Crippen LogP contribution in [0, 0.1) is 0 Å². The number of aromatic nitrogens is 3. The summed E-state index contributed by atoms with van der Waals surface area (Å²) in [6.07, 6.45) is 18.6. The third-order valence-corrected chi connectivity index (χ3v) is 10.3. The number of allylic oxidation sites excluding steroid dienone is 8. The Bertz CT molecular complexity index is 2090. The Kier molecular flexibility index (Phi) is 7.61. The van der Waals surface area contributed by atoms with E-state index in [0.29, 0.717) is 0 Å².